The maximum absolute atomic E-state index is 10.9. The first-order chi connectivity index (χ1) is 15.8. The summed E-state index contributed by atoms with van der Waals surface area (Å²) in [4.78, 5) is 10.9. The number of rotatable bonds is 22. The highest BCUT2D eigenvalue weighted by Crippen LogP contribution is 2.33. The number of aliphatic hydroxyl groups is 1. The number of aliphatic hydroxyl groups excluding tert-OH is 1. The molecule has 0 saturated carbocycles. The van der Waals surface area contributed by atoms with Crippen LogP contribution < -0.4 is 0 Å². The van der Waals surface area contributed by atoms with E-state index in [1.165, 1.54) is 6.92 Å². The molecule has 0 aliphatic carbocycles. The second kappa shape index (κ2) is 19.8. The van der Waals surface area contributed by atoms with E-state index in [-0.39, 0.29) is 13.2 Å². The van der Waals surface area contributed by atoms with Crippen LogP contribution in [0.1, 0.15) is 13.3 Å². The number of hydrogen-bond acceptors (Lipinski definition) is 10. The molecule has 10 nitrogen and oxygen atoms in total. The minimum atomic E-state index is -2.27. The SMILES string of the molecule is C[SiH2]OC(O[SiH2]C)(O[SiH2]C)[SiH](CCCOCC(O)COC(C)=O)C(O[SiH2]C)(O[SiH2]C)O[SiH2]C. The quantitative estimate of drug-likeness (QED) is 0.0596. The highest BCUT2D eigenvalue weighted by Gasteiger charge is 2.56. The minimum absolute atomic E-state index is 0.0727. The summed E-state index contributed by atoms with van der Waals surface area (Å²) < 4.78 is 48.7. The molecule has 17 heteroatoms. The fraction of sp³-hybridized carbons (Fsp3) is 0.938. The summed E-state index contributed by atoms with van der Waals surface area (Å²) in [6.45, 7) is 14.2. The molecule has 0 amide bonds. The molecule has 0 radical (unpaired) electrons. The Hall–Kier alpha value is 0.668. The van der Waals surface area contributed by atoms with Crippen LogP contribution in [0.3, 0.4) is 0 Å². The van der Waals surface area contributed by atoms with Crippen molar-refractivity contribution < 1.29 is 45.9 Å². The zero-order chi connectivity index (χ0) is 25.2. The first kappa shape index (κ1) is 33.7. The molecule has 0 aliphatic rings. The van der Waals surface area contributed by atoms with Gasteiger partial charge in [-0.1, -0.05) is 39.3 Å². The lowest BCUT2D eigenvalue weighted by atomic mass is 10.4. The van der Waals surface area contributed by atoms with Crippen LogP contribution in [0.2, 0.25) is 45.3 Å². The van der Waals surface area contributed by atoms with Crippen molar-refractivity contribution in [2.45, 2.75) is 76.0 Å². The number of esters is 1. The molecule has 0 aromatic carbocycles. The molecular weight excluding hydrogens is 549 g/mol. The Morgan fingerprint density at radius 2 is 1.18 bits per heavy atom. The number of carbonyl (C=O) groups excluding carboxylic acids is 1. The van der Waals surface area contributed by atoms with Gasteiger partial charge >= 0.3 is 5.97 Å². The van der Waals surface area contributed by atoms with Crippen molar-refractivity contribution in [1.29, 1.82) is 0 Å². The van der Waals surface area contributed by atoms with Crippen molar-refractivity contribution in [1.82, 2.24) is 0 Å². The van der Waals surface area contributed by atoms with Gasteiger partial charge in [-0.05, 0) is 12.5 Å². The molecule has 0 aromatic rings. The van der Waals surface area contributed by atoms with Gasteiger partial charge in [0.1, 0.15) is 12.7 Å². The van der Waals surface area contributed by atoms with Crippen molar-refractivity contribution in [2.24, 2.45) is 0 Å². The van der Waals surface area contributed by atoms with Gasteiger partial charge in [0.2, 0.25) is 20.0 Å². The predicted octanol–water partition coefficient (Wildman–Crippen LogP) is -3.18. The summed E-state index contributed by atoms with van der Waals surface area (Å²) in [6.07, 6.45) is -0.145. The second-order valence-corrected chi connectivity index (χ2v) is 15.3. The molecule has 1 atom stereocenters. The third-order valence-electron chi connectivity index (χ3n) is 4.50. The van der Waals surface area contributed by atoms with Crippen molar-refractivity contribution in [3.05, 3.63) is 0 Å². The van der Waals surface area contributed by atoms with Crippen LogP contribution in [-0.4, -0.2) is 116 Å². The summed E-state index contributed by atoms with van der Waals surface area (Å²) in [7, 11) is -7.31. The Labute approximate surface area is 214 Å². The summed E-state index contributed by atoms with van der Waals surface area (Å²) >= 11 is 0. The third-order valence-corrected chi connectivity index (χ3v) is 14.3. The lowest BCUT2D eigenvalue weighted by molar-refractivity contribution is -0.238. The van der Waals surface area contributed by atoms with Crippen LogP contribution >= 0.6 is 0 Å². The van der Waals surface area contributed by atoms with E-state index in [1.807, 2.05) is 0 Å². The van der Waals surface area contributed by atoms with Crippen molar-refractivity contribution >= 4 is 73.3 Å². The van der Waals surface area contributed by atoms with Gasteiger partial charge in [0.05, 0.1) is 6.61 Å². The Kier molecular flexibility index (Phi) is 20.2. The Balaban J connectivity index is 5.64. The molecule has 33 heavy (non-hydrogen) atoms. The molecular formula is C16H46O10Si7. The van der Waals surface area contributed by atoms with Gasteiger partial charge < -0.3 is 41.1 Å². The number of hydrogen-bond donors (Lipinski definition) is 1. The molecule has 0 heterocycles. The summed E-state index contributed by atoms with van der Waals surface area (Å²) in [5.41, 5.74) is -2.12. The normalized spacial score (nSPS) is 19.4. The maximum atomic E-state index is 10.9. The highest BCUT2D eigenvalue weighted by atomic mass is 28.3. The fourth-order valence-electron chi connectivity index (χ4n) is 3.50. The Bertz CT molecular complexity index is 448. The van der Waals surface area contributed by atoms with Crippen LogP contribution in [0.4, 0.5) is 0 Å². The van der Waals surface area contributed by atoms with Crippen LogP contribution in [-0.2, 0) is 40.8 Å². The molecule has 1 N–H and O–H groups in total. The minimum Gasteiger partial charge on any atom is -0.463 e. The van der Waals surface area contributed by atoms with Gasteiger partial charge in [-0.2, -0.15) is 0 Å². The van der Waals surface area contributed by atoms with E-state index >= 15 is 0 Å². The van der Waals surface area contributed by atoms with Gasteiger partial charge in [0.15, 0.2) is 58.6 Å². The summed E-state index contributed by atoms with van der Waals surface area (Å²) in [5.74, 6) is -0.424. The van der Waals surface area contributed by atoms with E-state index in [1.54, 1.807) is 0 Å². The van der Waals surface area contributed by atoms with Gasteiger partial charge in [-0.15, -0.1) is 0 Å². The Morgan fingerprint density at radius 1 is 0.788 bits per heavy atom. The van der Waals surface area contributed by atoms with Gasteiger partial charge in [0.25, 0.3) is 0 Å². The fourth-order valence-corrected chi connectivity index (χ4v) is 17.5. The van der Waals surface area contributed by atoms with E-state index in [2.05, 4.69) is 39.3 Å². The molecule has 0 rings (SSSR count). The van der Waals surface area contributed by atoms with Crippen LogP contribution in [0, 0.1) is 0 Å². The molecule has 0 spiro atoms. The van der Waals surface area contributed by atoms with Crippen LogP contribution in [0.25, 0.3) is 0 Å². The number of ether oxygens (including phenoxy) is 2. The first-order valence-electron chi connectivity index (χ1n) is 12.0. The topological polar surface area (TPSA) is 111 Å². The molecule has 0 aliphatic heterocycles. The van der Waals surface area contributed by atoms with Crippen molar-refractivity contribution in [3.63, 3.8) is 0 Å². The Morgan fingerprint density at radius 3 is 1.52 bits per heavy atom. The second-order valence-electron chi connectivity index (χ2n) is 7.03. The van der Waals surface area contributed by atoms with Gasteiger partial charge in [-0.25, -0.2) is 0 Å². The first-order valence-corrected chi connectivity index (χ1v) is 26.0. The summed E-state index contributed by atoms with van der Waals surface area (Å²) in [5, 5.41) is 9.90. The molecule has 0 saturated heterocycles. The summed E-state index contributed by atoms with van der Waals surface area (Å²) in [6, 6.07) is 0.731. The zero-order valence-corrected chi connectivity index (χ0v) is 31.2. The average molecular weight is 595 g/mol. The molecule has 0 aromatic heterocycles. The van der Waals surface area contributed by atoms with Crippen LogP contribution in [0.15, 0.2) is 0 Å². The average Bonchev–Trinajstić information content (AvgIpc) is 2.75. The lowest BCUT2D eigenvalue weighted by Gasteiger charge is -2.48. The van der Waals surface area contributed by atoms with E-state index in [0.29, 0.717) is 13.0 Å². The van der Waals surface area contributed by atoms with Crippen LogP contribution in [0.5, 0.6) is 0 Å². The van der Waals surface area contributed by atoms with E-state index in [9.17, 15) is 9.90 Å². The molecule has 198 valence electrons. The van der Waals surface area contributed by atoms with Gasteiger partial charge in [0, 0.05) is 13.5 Å². The monoisotopic (exact) mass is 594 g/mol. The standard InChI is InChI=1S/C16H46O10Si7/c1-13(17)20-12-14(18)11-19-9-8-10-33(15(21-27-2,22-28-3)23-29-4)16(24-30-5,25-31-6)26-32-7/h14,18,33H,8-12,27-32H2,1-7H3. The third kappa shape index (κ3) is 12.5. The molecule has 0 fully saturated rings. The lowest BCUT2D eigenvalue weighted by Crippen LogP contribution is -2.68. The van der Waals surface area contributed by atoms with Crippen molar-refractivity contribution in [3.8, 4) is 0 Å². The van der Waals surface area contributed by atoms with E-state index in [4.69, 9.17) is 36.0 Å². The molecule has 0 bridgehead atoms. The zero-order valence-electron chi connectivity index (χ0n) is 21.6. The number of carbonyl (C=O) groups is 1. The highest BCUT2D eigenvalue weighted by molar-refractivity contribution is 6.66. The van der Waals surface area contributed by atoms with Gasteiger partial charge in [-0.3, -0.25) is 4.79 Å². The maximum Gasteiger partial charge on any atom is 0.302 e. The van der Waals surface area contributed by atoms with E-state index < -0.39 is 90.6 Å². The molecule has 1 unspecified atom stereocenters. The van der Waals surface area contributed by atoms with E-state index in [0.717, 1.165) is 6.04 Å². The van der Waals surface area contributed by atoms with Crippen molar-refractivity contribution in [2.75, 3.05) is 19.8 Å². The predicted molar refractivity (Wildman–Crippen MR) is 148 cm³/mol. The largest absolute Gasteiger partial charge is 0.463 e. The smallest absolute Gasteiger partial charge is 0.302 e.